The second-order valence-corrected chi connectivity index (χ2v) is 5.34. The largest absolute Gasteiger partial charge is 0.327 e. The van der Waals surface area contributed by atoms with Crippen LogP contribution in [0.4, 0.5) is 0 Å². The molecule has 1 aliphatic rings. The molecule has 0 radical (unpaired) electrons. The number of aromatic nitrogens is 3. The monoisotopic (exact) mass is 264 g/mol. The van der Waals surface area contributed by atoms with E-state index in [0.29, 0.717) is 5.92 Å². The third kappa shape index (κ3) is 1.72. The van der Waals surface area contributed by atoms with Crippen LogP contribution in [0.3, 0.4) is 0 Å². The molecule has 4 heteroatoms. The van der Waals surface area contributed by atoms with Crippen molar-refractivity contribution in [2.24, 2.45) is 7.05 Å². The molecule has 1 aliphatic heterocycles. The second-order valence-electron chi connectivity index (χ2n) is 5.34. The van der Waals surface area contributed by atoms with Gasteiger partial charge in [0.25, 0.3) is 0 Å². The molecule has 0 unspecified atom stereocenters. The first kappa shape index (κ1) is 11.6. The van der Waals surface area contributed by atoms with E-state index in [1.54, 1.807) is 6.20 Å². The topological polar surface area (TPSA) is 42.7 Å². The normalized spacial score (nSPS) is 15.4. The highest BCUT2D eigenvalue weighted by molar-refractivity contribution is 5.81. The van der Waals surface area contributed by atoms with Crippen molar-refractivity contribution in [2.45, 2.75) is 5.92 Å². The molecule has 0 spiro atoms. The van der Waals surface area contributed by atoms with Gasteiger partial charge < -0.3 is 9.88 Å². The van der Waals surface area contributed by atoms with E-state index in [1.165, 1.54) is 11.1 Å². The van der Waals surface area contributed by atoms with E-state index in [0.717, 1.165) is 30.0 Å². The first-order valence-electron chi connectivity index (χ1n) is 6.90. The fourth-order valence-corrected chi connectivity index (χ4v) is 2.74. The number of fused-ring (bicyclic) bond motifs is 1. The summed E-state index contributed by atoms with van der Waals surface area (Å²) in [5.41, 5.74) is 4.69. The SMILES string of the molecule is Cn1c(-c2cccnc2)nc2ccc(C3CNC3)cc21. The number of benzene rings is 1. The Morgan fingerprint density at radius 3 is 2.85 bits per heavy atom. The van der Waals surface area contributed by atoms with Crippen LogP contribution in [-0.4, -0.2) is 27.6 Å². The maximum Gasteiger partial charge on any atom is 0.142 e. The van der Waals surface area contributed by atoms with Crippen molar-refractivity contribution in [2.75, 3.05) is 13.1 Å². The summed E-state index contributed by atoms with van der Waals surface area (Å²) in [5, 5.41) is 3.32. The molecule has 3 heterocycles. The molecule has 0 atom stereocenters. The minimum atomic E-state index is 0.649. The predicted molar refractivity (Wildman–Crippen MR) is 79.6 cm³/mol. The summed E-state index contributed by atoms with van der Waals surface area (Å²) >= 11 is 0. The molecule has 0 saturated carbocycles. The Morgan fingerprint density at radius 1 is 1.25 bits per heavy atom. The van der Waals surface area contributed by atoms with Gasteiger partial charge in [0.05, 0.1) is 11.0 Å². The Labute approximate surface area is 117 Å². The molecule has 0 bridgehead atoms. The van der Waals surface area contributed by atoms with Gasteiger partial charge >= 0.3 is 0 Å². The Balaban J connectivity index is 1.86. The van der Waals surface area contributed by atoms with Crippen LogP contribution in [0, 0.1) is 0 Å². The van der Waals surface area contributed by atoms with Crippen LogP contribution in [0.15, 0.2) is 42.7 Å². The van der Waals surface area contributed by atoms with Gasteiger partial charge in [0, 0.05) is 44.0 Å². The number of imidazole rings is 1. The molecule has 1 fully saturated rings. The molecule has 4 nitrogen and oxygen atoms in total. The Hall–Kier alpha value is -2.20. The highest BCUT2D eigenvalue weighted by Crippen LogP contribution is 2.27. The number of nitrogens with one attached hydrogen (secondary N) is 1. The van der Waals surface area contributed by atoms with Gasteiger partial charge in [-0.3, -0.25) is 4.98 Å². The quantitative estimate of drug-likeness (QED) is 0.772. The van der Waals surface area contributed by atoms with Crippen molar-refractivity contribution in [1.29, 1.82) is 0 Å². The van der Waals surface area contributed by atoms with Crippen LogP contribution in [0.5, 0.6) is 0 Å². The van der Waals surface area contributed by atoms with E-state index in [9.17, 15) is 0 Å². The van der Waals surface area contributed by atoms with Crippen molar-refractivity contribution in [3.63, 3.8) is 0 Å². The highest BCUT2D eigenvalue weighted by atomic mass is 15.1. The molecule has 4 rings (SSSR count). The summed E-state index contributed by atoms with van der Waals surface area (Å²) in [6, 6.07) is 10.6. The average Bonchev–Trinajstić information content (AvgIpc) is 2.75. The maximum absolute atomic E-state index is 4.73. The standard InChI is InChI=1S/C16H16N4/c1-20-15-7-11(13-9-18-10-13)4-5-14(15)19-16(20)12-3-2-6-17-8-12/h2-8,13,18H,9-10H2,1H3. The van der Waals surface area contributed by atoms with Crippen LogP contribution in [0.2, 0.25) is 0 Å². The van der Waals surface area contributed by atoms with Gasteiger partial charge in [-0.05, 0) is 29.8 Å². The Morgan fingerprint density at radius 2 is 2.15 bits per heavy atom. The smallest absolute Gasteiger partial charge is 0.142 e. The van der Waals surface area contributed by atoms with Gasteiger partial charge in [0.15, 0.2) is 0 Å². The van der Waals surface area contributed by atoms with Crippen molar-refractivity contribution < 1.29 is 0 Å². The van der Waals surface area contributed by atoms with Crippen LogP contribution in [-0.2, 0) is 7.05 Å². The molecule has 0 aliphatic carbocycles. The third-order valence-corrected chi connectivity index (χ3v) is 4.08. The van der Waals surface area contributed by atoms with Gasteiger partial charge in [-0.25, -0.2) is 4.98 Å². The minimum Gasteiger partial charge on any atom is -0.327 e. The van der Waals surface area contributed by atoms with E-state index in [4.69, 9.17) is 4.98 Å². The van der Waals surface area contributed by atoms with Crippen LogP contribution >= 0.6 is 0 Å². The number of rotatable bonds is 2. The molecule has 0 amide bonds. The number of nitrogens with zero attached hydrogens (tertiary/aromatic N) is 3. The Kier molecular flexibility index (Phi) is 2.57. The van der Waals surface area contributed by atoms with Crippen molar-refractivity contribution >= 4 is 11.0 Å². The van der Waals surface area contributed by atoms with Crippen LogP contribution < -0.4 is 5.32 Å². The van der Waals surface area contributed by atoms with Gasteiger partial charge in [-0.2, -0.15) is 0 Å². The summed E-state index contributed by atoms with van der Waals surface area (Å²) in [6.07, 6.45) is 3.64. The number of hydrogen-bond acceptors (Lipinski definition) is 3. The zero-order valence-electron chi connectivity index (χ0n) is 11.4. The third-order valence-electron chi connectivity index (χ3n) is 4.08. The van der Waals surface area contributed by atoms with E-state index in [-0.39, 0.29) is 0 Å². The van der Waals surface area contributed by atoms with Crippen molar-refractivity contribution in [3.05, 3.63) is 48.3 Å². The molecule has 3 aromatic rings. The molecule has 1 aromatic carbocycles. The first-order chi connectivity index (χ1) is 9.83. The lowest BCUT2D eigenvalue weighted by atomic mass is 9.93. The van der Waals surface area contributed by atoms with Gasteiger partial charge in [0.2, 0.25) is 0 Å². The summed E-state index contributed by atoms with van der Waals surface area (Å²) in [5.74, 6) is 1.62. The van der Waals surface area contributed by atoms with E-state index in [1.807, 2.05) is 18.3 Å². The molecule has 1 N–H and O–H groups in total. The first-order valence-corrected chi connectivity index (χ1v) is 6.90. The zero-order chi connectivity index (χ0) is 13.5. The van der Waals surface area contributed by atoms with Gasteiger partial charge in [0.1, 0.15) is 5.82 Å². The molecule has 100 valence electrons. The lowest BCUT2D eigenvalue weighted by Gasteiger charge is -2.27. The van der Waals surface area contributed by atoms with Gasteiger partial charge in [-0.1, -0.05) is 6.07 Å². The molecular formula is C16H16N4. The molecule has 1 saturated heterocycles. The summed E-state index contributed by atoms with van der Waals surface area (Å²) in [7, 11) is 2.07. The molecule has 20 heavy (non-hydrogen) atoms. The van der Waals surface area contributed by atoms with Crippen molar-refractivity contribution in [1.82, 2.24) is 19.9 Å². The number of aryl methyl sites for hydroxylation is 1. The van der Waals surface area contributed by atoms with Crippen molar-refractivity contribution in [3.8, 4) is 11.4 Å². The summed E-state index contributed by atoms with van der Waals surface area (Å²) in [4.78, 5) is 8.91. The molecule has 2 aromatic heterocycles. The van der Waals surface area contributed by atoms with E-state index < -0.39 is 0 Å². The lowest BCUT2D eigenvalue weighted by Crippen LogP contribution is -2.39. The Bertz CT molecular complexity index is 757. The van der Waals surface area contributed by atoms with Crippen LogP contribution in [0.1, 0.15) is 11.5 Å². The number of pyridine rings is 1. The number of hydrogen-bond donors (Lipinski definition) is 1. The maximum atomic E-state index is 4.73. The van der Waals surface area contributed by atoms with Crippen LogP contribution in [0.25, 0.3) is 22.4 Å². The molecular weight excluding hydrogens is 248 g/mol. The summed E-state index contributed by atoms with van der Waals surface area (Å²) < 4.78 is 2.15. The second kappa shape index (κ2) is 4.42. The fourth-order valence-electron chi connectivity index (χ4n) is 2.74. The fraction of sp³-hybridized carbons (Fsp3) is 0.250. The average molecular weight is 264 g/mol. The van der Waals surface area contributed by atoms with Gasteiger partial charge in [-0.15, -0.1) is 0 Å². The van der Waals surface area contributed by atoms with E-state index >= 15 is 0 Å². The highest BCUT2D eigenvalue weighted by Gasteiger charge is 2.20. The minimum absolute atomic E-state index is 0.649. The summed E-state index contributed by atoms with van der Waals surface area (Å²) in [6.45, 7) is 2.16. The predicted octanol–water partition coefficient (Wildman–Crippen LogP) is 2.32. The zero-order valence-corrected chi connectivity index (χ0v) is 11.4. The lowest BCUT2D eigenvalue weighted by molar-refractivity contribution is 0.448. The van der Waals surface area contributed by atoms with E-state index in [2.05, 4.69) is 40.1 Å².